The average molecular weight is 411 g/mol. The summed E-state index contributed by atoms with van der Waals surface area (Å²) in [6.45, 7) is -0.258. The van der Waals surface area contributed by atoms with Gasteiger partial charge in [-0.1, -0.05) is 35.3 Å². The van der Waals surface area contributed by atoms with E-state index in [0.29, 0.717) is 20.7 Å². The molecular weight excluding hydrogens is 401 g/mol. The highest BCUT2D eigenvalue weighted by atomic mass is 79.9. The summed E-state index contributed by atoms with van der Waals surface area (Å²) in [4.78, 5) is -0.00317. The normalized spacial score (nSPS) is 11.4. The molecule has 0 heterocycles. The SMILES string of the molecule is O=S(=O)(Nc1cccc(Cl)c1Br)c1ccc(CO)c(Cl)c1. The molecule has 0 aliphatic rings. The van der Waals surface area contributed by atoms with Gasteiger partial charge in [0.15, 0.2) is 0 Å². The molecule has 2 aromatic rings. The summed E-state index contributed by atoms with van der Waals surface area (Å²) in [7, 11) is -3.80. The highest BCUT2D eigenvalue weighted by Crippen LogP contribution is 2.32. The lowest BCUT2D eigenvalue weighted by molar-refractivity contribution is 0.282. The third kappa shape index (κ3) is 3.70. The van der Waals surface area contributed by atoms with Crippen LogP contribution in [0.15, 0.2) is 45.8 Å². The first kappa shape index (κ1) is 16.6. The van der Waals surface area contributed by atoms with Gasteiger partial charge in [-0.15, -0.1) is 0 Å². The molecule has 2 aromatic carbocycles. The second-order valence-electron chi connectivity index (χ2n) is 4.12. The van der Waals surface area contributed by atoms with E-state index in [9.17, 15) is 8.42 Å². The van der Waals surface area contributed by atoms with Crippen LogP contribution in [0.3, 0.4) is 0 Å². The van der Waals surface area contributed by atoms with E-state index in [1.165, 1.54) is 18.2 Å². The van der Waals surface area contributed by atoms with Crippen molar-refractivity contribution in [3.63, 3.8) is 0 Å². The van der Waals surface area contributed by atoms with Crippen molar-refractivity contribution in [3.8, 4) is 0 Å². The van der Waals surface area contributed by atoms with Crippen molar-refractivity contribution in [1.29, 1.82) is 0 Å². The fraction of sp³-hybridized carbons (Fsp3) is 0.0769. The van der Waals surface area contributed by atoms with Gasteiger partial charge in [-0.25, -0.2) is 8.42 Å². The van der Waals surface area contributed by atoms with E-state index >= 15 is 0 Å². The number of hydrogen-bond acceptors (Lipinski definition) is 3. The molecule has 8 heteroatoms. The number of aliphatic hydroxyl groups is 1. The third-order valence-corrected chi connectivity index (χ3v) is 5.81. The van der Waals surface area contributed by atoms with Gasteiger partial charge in [0, 0.05) is 5.02 Å². The fourth-order valence-electron chi connectivity index (χ4n) is 1.61. The summed E-state index contributed by atoms with van der Waals surface area (Å²) < 4.78 is 27.5. The monoisotopic (exact) mass is 409 g/mol. The molecule has 0 atom stereocenters. The van der Waals surface area contributed by atoms with Gasteiger partial charge in [-0.05, 0) is 45.8 Å². The molecule has 0 amide bonds. The maximum absolute atomic E-state index is 12.3. The van der Waals surface area contributed by atoms with E-state index in [0.717, 1.165) is 0 Å². The van der Waals surface area contributed by atoms with Crippen LogP contribution in [0.2, 0.25) is 10.0 Å². The number of nitrogens with one attached hydrogen (secondary N) is 1. The number of benzene rings is 2. The largest absolute Gasteiger partial charge is 0.392 e. The lowest BCUT2D eigenvalue weighted by Gasteiger charge is -2.11. The first-order valence-electron chi connectivity index (χ1n) is 5.71. The Labute approximate surface area is 140 Å². The van der Waals surface area contributed by atoms with Gasteiger partial charge >= 0.3 is 0 Å². The van der Waals surface area contributed by atoms with Crippen LogP contribution in [0.4, 0.5) is 5.69 Å². The highest BCUT2D eigenvalue weighted by Gasteiger charge is 2.17. The second-order valence-corrected chi connectivity index (χ2v) is 7.41. The molecule has 0 aliphatic carbocycles. The number of aliphatic hydroxyl groups excluding tert-OH is 1. The lowest BCUT2D eigenvalue weighted by Crippen LogP contribution is -2.13. The Morgan fingerprint density at radius 3 is 2.48 bits per heavy atom. The Bertz CT molecular complexity index is 781. The number of rotatable bonds is 4. The molecule has 0 spiro atoms. The summed E-state index contributed by atoms with van der Waals surface area (Å²) in [6.07, 6.45) is 0. The minimum atomic E-state index is -3.80. The summed E-state index contributed by atoms with van der Waals surface area (Å²) >= 11 is 15.1. The molecule has 2 rings (SSSR count). The second kappa shape index (κ2) is 6.54. The Balaban J connectivity index is 2.39. The van der Waals surface area contributed by atoms with Crippen molar-refractivity contribution in [3.05, 3.63) is 56.5 Å². The van der Waals surface area contributed by atoms with Crippen molar-refractivity contribution in [2.75, 3.05) is 4.72 Å². The van der Waals surface area contributed by atoms with Crippen molar-refractivity contribution in [2.45, 2.75) is 11.5 Å². The summed E-state index contributed by atoms with van der Waals surface area (Å²) in [5, 5.41) is 9.62. The van der Waals surface area contributed by atoms with Crippen LogP contribution in [0.25, 0.3) is 0 Å². The standard InChI is InChI=1S/C13H10BrCl2NO3S/c14-13-10(15)2-1-3-12(13)17-21(19,20)9-5-4-8(7-18)11(16)6-9/h1-6,17-18H,7H2. The minimum Gasteiger partial charge on any atom is -0.392 e. The van der Waals surface area contributed by atoms with Crippen molar-refractivity contribution >= 4 is 54.8 Å². The molecule has 0 aliphatic heterocycles. The van der Waals surface area contributed by atoms with E-state index < -0.39 is 10.0 Å². The van der Waals surface area contributed by atoms with Crippen LogP contribution in [-0.4, -0.2) is 13.5 Å². The Morgan fingerprint density at radius 1 is 1.14 bits per heavy atom. The zero-order valence-electron chi connectivity index (χ0n) is 10.5. The maximum Gasteiger partial charge on any atom is 0.261 e. The molecule has 0 fully saturated rings. The Kier molecular flexibility index (Phi) is 5.16. The van der Waals surface area contributed by atoms with Gasteiger partial charge in [0.05, 0.1) is 26.7 Å². The first-order valence-corrected chi connectivity index (χ1v) is 8.74. The van der Waals surface area contributed by atoms with E-state index in [4.69, 9.17) is 28.3 Å². The van der Waals surface area contributed by atoms with Crippen molar-refractivity contribution in [2.24, 2.45) is 0 Å². The summed E-state index contributed by atoms with van der Waals surface area (Å²) in [5.74, 6) is 0. The van der Waals surface area contributed by atoms with Crippen molar-refractivity contribution < 1.29 is 13.5 Å². The van der Waals surface area contributed by atoms with Crippen LogP contribution >= 0.6 is 39.1 Å². The predicted molar refractivity (Wildman–Crippen MR) is 87.3 cm³/mol. The number of hydrogen-bond donors (Lipinski definition) is 2. The molecule has 2 N–H and O–H groups in total. The van der Waals surface area contributed by atoms with Gasteiger partial charge in [-0.2, -0.15) is 0 Å². The average Bonchev–Trinajstić information content (AvgIpc) is 2.43. The van der Waals surface area contributed by atoms with Crippen LogP contribution in [0.1, 0.15) is 5.56 Å². The van der Waals surface area contributed by atoms with Gasteiger partial charge in [0.2, 0.25) is 0 Å². The molecule has 0 aromatic heterocycles. The summed E-state index contributed by atoms with van der Waals surface area (Å²) in [5.41, 5.74) is 0.782. The van der Waals surface area contributed by atoms with Gasteiger partial charge in [0.1, 0.15) is 0 Å². The smallest absolute Gasteiger partial charge is 0.261 e. The number of anilines is 1. The number of halogens is 3. The molecule has 0 saturated carbocycles. The molecule has 112 valence electrons. The summed E-state index contributed by atoms with van der Waals surface area (Å²) in [6, 6.07) is 8.97. The van der Waals surface area contributed by atoms with Crippen LogP contribution in [0.5, 0.6) is 0 Å². The van der Waals surface area contributed by atoms with E-state index in [2.05, 4.69) is 20.7 Å². The minimum absolute atomic E-state index is 0.00317. The first-order chi connectivity index (χ1) is 9.85. The maximum atomic E-state index is 12.3. The van der Waals surface area contributed by atoms with Crippen LogP contribution in [0, 0.1) is 0 Å². The quantitative estimate of drug-likeness (QED) is 0.798. The lowest BCUT2D eigenvalue weighted by atomic mass is 10.2. The molecule has 4 nitrogen and oxygen atoms in total. The Morgan fingerprint density at radius 2 is 1.86 bits per heavy atom. The van der Waals surface area contributed by atoms with Crippen molar-refractivity contribution in [1.82, 2.24) is 0 Å². The zero-order chi connectivity index (χ0) is 15.6. The van der Waals surface area contributed by atoms with E-state index in [-0.39, 0.29) is 16.5 Å². The zero-order valence-corrected chi connectivity index (χ0v) is 14.4. The highest BCUT2D eigenvalue weighted by molar-refractivity contribution is 9.10. The van der Waals surface area contributed by atoms with E-state index in [1.54, 1.807) is 18.2 Å². The van der Waals surface area contributed by atoms with Crippen LogP contribution < -0.4 is 4.72 Å². The number of sulfonamides is 1. The van der Waals surface area contributed by atoms with Gasteiger partial charge in [-0.3, -0.25) is 4.72 Å². The molecule has 0 radical (unpaired) electrons. The van der Waals surface area contributed by atoms with Crippen LogP contribution in [-0.2, 0) is 16.6 Å². The molecule has 0 saturated heterocycles. The molecule has 0 unspecified atom stereocenters. The van der Waals surface area contributed by atoms with Gasteiger partial charge < -0.3 is 5.11 Å². The fourth-order valence-corrected chi connectivity index (χ4v) is 3.68. The molecule has 0 bridgehead atoms. The molecular formula is C13H10BrCl2NO3S. The third-order valence-electron chi connectivity index (χ3n) is 2.70. The Hall–Kier alpha value is -0.790. The van der Waals surface area contributed by atoms with E-state index in [1.807, 2.05) is 0 Å². The topological polar surface area (TPSA) is 66.4 Å². The van der Waals surface area contributed by atoms with Gasteiger partial charge in [0.25, 0.3) is 10.0 Å². The predicted octanol–water partition coefficient (Wildman–Crippen LogP) is 4.05. The molecule has 21 heavy (non-hydrogen) atoms.